The Morgan fingerprint density at radius 3 is 2.50 bits per heavy atom. The third-order valence-electron chi connectivity index (χ3n) is 5.69. The fraction of sp³-hybridized carbons (Fsp3) is 0.609. The van der Waals surface area contributed by atoms with E-state index in [0.717, 1.165) is 51.5 Å². The number of guanidine groups is 1. The van der Waals surface area contributed by atoms with Crippen LogP contribution in [0.1, 0.15) is 51.2 Å². The Balaban J connectivity index is 1.42. The Labute approximate surface area is 179 Å². The number of benzene rings is 1. The summed E-state index contributed by atoms with van der Waals surface area (Å²) in [4.78, 5) is 33.2. The minimum absolute atomic E-state index is 0.0339. The number of fused-ring (bicyclic) bond motifs is 1. The van der Waals surface area contributed by atoms with Gasteiger partial charge in [-0.1, -0.05) is 38.1 Å². The lowest BCUT2D eigenvalue weighted by molar-refractivity contribution is -0.133. The maximum Gasteiger partial charge on any atom is 0.225 e. The van der Waals surface area contributed by atoms with Gasteiger partial charge in [-0.25, -0.2) is 0 Å². The fourth-order valence-electron chi connectivity index (χ4n) is 4.05. The Morgan fingerprint density at radius 2 is 1.87 bits per heavy atom. The normalized spacial score (nSPS) is 18.7. The number of carbonyl (C=O) groups excluding carboxylic acids is 2. The summed E-state index contributed by atoms with van der Waals surface area (Å²) < 4.78 is 0. The predicted octanol–water partition coefficient (Wildman–Crippen LogP) is 2.12. The summed E-state index contributed by atoms with van der Waals surface area (Å²) in [5, 5.41) is 6.72. The van der Waals surface area contributed by atoms with E-state index in [2.05, 4.69) is 27.8 Å². The molecule has 0 radical (unpaired) electrons. The summed E-state index contributed by atoms with van der Waals surface area (Å²) in [5.41, 5.74) is 2.51. The fourth-order valence-corrected chi connectivity index (χ4v) is 4.05. The lowest BCUT2D eigenvalue weighted by Crippen LogP contribution is -2.45. The summed E-state index contributed by atoms with van der Waals surface area (Å²) in [7, 11) is 0. The summed E-state index contributed by atoms with van der Waals surface area (Å²) >= 11 is 0. The first kappa shape index (κ1) is 22.1. The topological polar surface area (TPSA) is 77.0 Å². The van der Waals surface area contributed by atoms with Crippen molar-refractivity contribution in [1.82, 2.24) is 20.4 Å². The molecule has 2 amide bonds. The minimum atomic E-state index is 0.0339. The average Bonchev–Trinajstić information content (AvgIpc) is 3.37. The molecule has 164 valence electrons. The molecule has 0 saturated carbocycles. The minimum Gasteiger partial charge on any atom is -0.357 e. The molecule has 2 N–H and O–H groups in total. The van der Waals surface area contributed by atoms with Crippen LogP contribution in [0.4, 0.5) is 0 Å². The van der Waals surface area contributed by atoms with Gasteiger partial charge in [0.05, 0.1) is 0 Å². The maximum atomic E-state index is 12.5. The van der Waals surface area contributed by atoms with Crippen molar-refractivity contribution in [2.75, 3.05) is 26.2 Å². The molecule has 30 heavy (non-hydrogen) atoms. The summed E-state index contributed by atoms with van der Waals surface area (Å²) in [5.74, 6) is 1.20. The maximum absolute atomic E-state index is 12.5. The molecule has 7 heteroatoms. The van der Waals surface area contributed by atoms with Crippen LogP contribution < -0.4 is 10.6 Å². The summed E-state index contributed by atoms with van der Waals surface area (Å²) in [6.45, 7) is 10.2. The van der Waals surface area contributed by atoms with Crippen LogP contribution in [-0.2, 0) is 22.7 Å². The van der Waals surface area contributed by atoms with E-state index in [1.165, 1.54) is 11.1 Å². The van der Waals surface area contributed by atoms with Crippen LogP contribution in [0, 0.1) is 5.92 Å². The van der Waals surface area contributed by atoms with Gasteiger partial charge in [0.15, 0.2) is 5.96 Å². The highest BCUT2D eigenvalue weighted by Crippen LogP contribution is 2.22. The van der Waals surface area contributed by atoms with Crippen molar-refractivity contribution < 1.29 is 9.59 Å². The first-order valence-corrected chi connectivity index (χ1v) is 11.2. The highest BCUT2D eigenvalue weighted by molar-refractivity contribution is 5.81. The van der Waals surface area contributed by atoms with E-state index in [1.807, 2.05) is 42.7 Å². The van der Waals surface area contributed by atoms with Crippen LogP contribution in [0.25, 0.3) is 0 Å². The zero-order valence-corrected chi connectivity index (χ0v) is 18.5. The van der Waals surface area contributed by atoms with Crippen molar-refractivity contribution in [3.8, 4) is 0 Å². The zero-order valence-electron chi connectivity index (χ0n) is 18.5. The smallest absolute Gasteiger partial charge is 0.225 e. The molecule has 1 atom stereocenters. The molecule has 0 spiro atoms. The third-order valence-corrected chi connectivity index (χ3v) is 5.69. The van der Waals surface area contributed by atoms with Gasteiger partial charge in [0.1, 0.15) is 0 Å². The van der Waals surface area contributed by atoms with Gasteiger partial charge < -0.3 is 20.4 Å². The number of hydrogen-bond acceptors (Lipinski definition) is 3. The molecule has 3 rings (SSSR count). The quantitative estimate of drug-likeness (QED) is 0.408. The second-order valence-electron chi connectivity index (χ2n) is 8.45. The lowest BCUT2D eigenvalue weighted by Gasteiger charge is -2.20. The van der Waals surface area contributed by atoms with Crippen molar-refractivity contribution in [3.63, 3.8) is 0 Å². The van der Waals surface area contributed by atoms with E-state index in [4.69, 9.17) is 0 Å². The average molecular weight is 414 g/mol. The van der Waals surface area contributed by atoms with Crippen LogP contribution in [-0.4, -0.2) is 59.8 Å². The van der Waals surface area contributed by atoms with Gasteiger partial charge in [-0.05, 0) is 30.9 Å². The first-order valence-electron chi connectivity index (χ1n) is 11.2. The zero-order chi connectivity index (χ0) is 21.5. The molecule has 2 heterocycles. The van der Waals surface area contributed by atoms with E-state index in [9.17, 15) is 9.59 Å². The van der Waals surface area contributed by atoms with Crippen LogP contribution in [0.15, 0.2) is 29.3 Å². The van der Waals surface area contributed by atoms with E-state index in [0.29, 0.717) is 13.0 Å². The molecule has 7 nitrogen and oxygen atoms in total. The first-order chi connectivity index (χ1) is 14.5. The molecule has 2 aliphatic rings. The second kappa shape index (κ2) is 10.5. The number of rotatable bonds is 7. The van der Waals surface area contributed by atoms with Gasteiger partial charge >= 0.3 is 0 Å². The van der Waals surface area contributed by atoms with E-state index in [-0.39, 0.29) is 23.8 Å². The molecule has 1 fully saturated rings. The van der Waals surface area contributed by atoms with Gasteiger partial charge in [-0.15, -0.1) is 0 Å². The van der Waals surface area contributed by atoms with Gasteiger partial charge in [-0.2, -0.15) is 0 Å². The Kier molecular flexibility index (Phi) is 7.71. The Hall–Kier alpha value is -2.57. The molecule has 2 aliphatic heterocycles. The molecular weight excluding hydrogens is 378 g/mol. The van der Waals surface area contributed by atoms with Crippen molar-refractivity contribution in [3.05, 3.63) is 35.4 Å². The van der Waals surface area contributed by atoms with Crippen LogP contribution in [0.3, 0.4) is 0 Å². The molecule has 1 unspecified atom stereocenters. The van der Waals surface area contributed by atoms with Crippen LogP contribution >= 0.6 is 0 Å². The lowest BCUT2D eigenvalue weighted by atomic mass is 10.1. The van der Waals surface area contributed by atoms with Gasteiger partial charge in [0.2, 0.25) is 11.8 Å². The van der Waals surface area contributed by atoms with E-state index < -0.39 is 0 Å². The third kappa shape index (κ3) is 5.74. The molecule has 0 aromatic heterocycles. The molecular formula is C23H35N5O2. The number of hydrogen-bond donors (Lipinski definition) is 2. The number of aliphatic imine (C=N–C) groups is 1. The highest BCUT2D eigenvalue weighted by atomic mass is 16.2. The van der Waals surface area contributed by atoms with E-state index >= 15 is 0 Å². The Morgan fingerprint density at radius 1 is 1.17 bits per heavy atom. The summed E-state index contributed by atoms with van der Waals surface area (Å²) in [6, 6.07) is 8.47. The van der Waals surface area contributed by atoms with Gasteiger partial charge in [0, 0.05) is 57.6 Å². The molecule has 1 saturated heterocycles. The number of amides is 2. The van der Waals surface area contributed by atoms with Crippen molar-refractivity contribution >= 4 is 17.8 Å². The summed E-state index contributed by atoms with van der Waals surface area (Å²) in [6.07, 6.45) is 2.17. The number of nitrogens with one attached hydrogen (secondary N) is 2. The Bertz CT molecular complexity index is 752. The largest absolute Gasteiger partial charge is 0.357 e. The van der Waals surface area contributed by atoms with Crippen molar-refractivity contribution in [1.29, 1.82) is 0 Å². The predicted molar refractivity (Wildman–Crippen MR) is 119 cm³/mol. The molecule has 0 aliphatic carbocycles. The van der Waals surface area contributed by atoms with Crippen LogP contribution in [0.5, 0.6) is 0 Å². The molecule has 1 aromatic carbocycles. The second-order valence-corrected chi connectivity index (χ2v) is 8.45. The van der Waals surface area contributed by atoms with E-state index in [1.54, 1.807) is 0 Å². The molecule has 1 aromatic rings. The van der Waals surface area contributed by atoms with Crippen LogP contribution in [0.2, 0.25) is 0 Å². The standard InChI is InChI=1S/C23H35N5O2/c1-4-24-23(26-20-11-13-27(16-20)22(30)17(2)3)25-12-7-10-21(29)28-14-18-8-5-6-9-19(18)15-28/h5-6,8-9,17,20H,4,7,10-16H2,1-3H3,(H2,24,25,26). The van der Waals surface area contributed by atoms with Gasteiger partial charge in [0.25, 0.3) is 0 Å². The molecule has 0 bridgehead atoms. The number of likely N-dealkylation sites (tertiary alicyclic amines) is 1. The van der Waals surface area contributed by atoms with Crippen molar-refractivity contribution in [2.24, 2.45) is 10.9 Å². The SMILES string of the molecule is CCNC(=NCCCC(=O)N1Cc2ccccc2C1)NC1CCN(C(=O)C(C)C)C1. The monoisotopic (exact) mass is 413 g/mol. The number of carbonyl (C=O) groups is 2. The van der Waals surface area contributed by atoms with Crippen molar-refractivity contribution in [2.45, 2.75) is 59.2 Å². The highest BCUT2D eigenvalue weighted by Gasteiger charge is 2.28. The number of nitrogens with zero attached hydrogens (tertiary/aromatic N) is 3. The van der Waals surface area contributed by atoms with Gasteiger partial charge in [-0.3, -0.25) is 14.6 Å².